The second-order valence-electron chi connectivity index (χ2n) is 7.26. The molecule has 6 heteroatoms. The summed E-state index contributed by atoms with van der Waals surface area (Å²) in [6.45, 7) is 5.04. The summed E-state index contributed by atoms with van der Waals surface area (Å²) in [5.41, 5.74) is 3.63. The van der Waals surface area contributed by atoms with Crippen molar-refractivity contribution in [3.63, 3.8) is 0 Å². The van der Waals surface area contributed by atoms with Gasteiger partial charge in [0.1, 0.15) is 0 Å². The van der Waals surface area contributed by atoms with Crippen LogP contribution in [0.4, 0.5) is 4.79 Å². The Morgan fingerprint density at radius 2 is 1.93 bits per heavy atom. The van der Waals surface area contributed by atoms with E-state index in [0.29, 0.717) is 6.54 Å². The number of ether oxygens (including phenoxy) is 1. The van der Waals surface area contributed by atoms with E-state index in [9.17, 15) is 4.79 Å². The second kappa shape index (κ2) is 9.45. The molecule has 0 bridgehead atoms. The highest BCUT2D eigenvalue weighted by Crippen LogP contribution is 2.35. The van der Waals surface area contributed by atoms with Crippen LogP contribution in [0.3, 0.4) is 0 Å². The molecule has 2 amide bonds. The Morgan fingerprint density at radius 1 is 1.11 bits per heavy atom. The number of fused-ring (bicyclic) bond motifs is 1. The number of thioether (sulfide) groups is 1. The third-order valence-electron chi connectivity index (χ3n) is 5.22. The number of carbonyl (C=O) groups is 1. The number of urea groups is 1. The third kappa shape index (κ3) is 5.07. The largest absolute Gasteiger partial charge is 0.379 e. The van der Waals surface area contributed by atoms with E-state index in [4.69, 9.17) is 4.74 Å². The van der Waals surface area contributed by atoms with Crippen LogP contribution in [0.2, 0.25) is 0 Å². The zero-order valence-corrected chi connectivity index (χ0v) is 16.8. The molecule has 0 unspecified atom stereocenters. The van der Waals surface area contributed by atoms with E-state index < -0.39 is 0 Å². The number of benzene rings is 2. The molecule has 1 fully saturated rings. The predicted octanol–water partition coefficient (Wildman–Crippen LogP) is 3.56. The van der Waals surface area contributed by atoms with Gasteiger partial charge >= 0.3 is 6.03 Å². The van der Waals surface area contributed by atoms with Gasteiger partial charge in [-0.15, -0.1) is 11.8 Å². The zero-order valence-electron chi connectivity index (χ0n) is 16.0. The minimum Gasteiger partial charge on any atom is -0.379 e. The quantitative estimate of drug-likeness (QED) is 0.810. The molecule has 0 aromatic heterocycles. The first-order chi connectivity index (χ1) is 13.8. The van der Waals surface area contributed by atoms with Crippen molar-refractivity contribution >= 4 is 17.8 Å². The highest BCUT2D eigenvalue weighted by molar-refractivity contribution is 7.99. The van der Waals surface area contributed by atoms with Crippen LogP contribution >= 0.6 is 11.8 Å². The van der Waals surface area contributed by atoms with Crippen molar-refractivity contribution in [3.8, 4) is 0 Å². The van der Waals surface area contributed by atoms with E-state index in [2.05, 4.69) is 58.0 Å². The number of nitrogens with zero attached hydrogens (tertiary/aromatic N) is 1. The van der Waals surface area contributed by atoms with Gasteiger partial charge in [-0.25, -0.2) is 4.79 Å². The minimum atomic E-state index is -0.106. The molecule has 0 saturated carbocycles. The summed E-state index contributed by atoms with van der Waals surface area (Å²) < 4.78 is 5.41. The lowest BCUT2D eigenvalue weighted by Crippen LogP contribution is -2.38. The minimum absolute atomic E-state index is 0.0881. The van der Waals surface area contributed by atoms with Crippen LogP contribution in [0.25, 0.3) is 0 Å². The molecule has 2 heterocycles. The molecule has 2 N–H and O–H groups in total. The molecule has 4 rings (SSSR count). The van der Waals surface area contributed by atoms with Crippen molar-refractivity contribution in [1.29, 1.82) is 0 Å². The maximum atomic E-state index is 12.4. The number of rotatable bonds is 5. The number of morpholine rings is 1. The van der Waals surface area contributed by atoms with E-state index in [-0.39, 0.29) is 12.1 Å². The van der Waals surface area contributed by atoms with Crippen molar-refractivity contribution < 1.29 is 9.53 Å². The first-order valence-corrected chi connectivity index (χ1v) is 10.9. The van der Waals surface area contributed by atoms with E-state index in [1.165, 1.54) is 16.0 Å². The van der Waals surface area contributed by atoms with Crippen LogP contribution in [-0.4, -0.2) is 43.0 Å². The fourth-order valence-corrected chi connectivity index (χ4v) is 4.86. The van der Waals surface area contributed by atoms with E-state index in [0.717, 1.165) is 50.6 Å². The van der Waals surface area contributed by atoms with Gasteiger partial charge in [-0.1, -0.05) is 42.5 Å². The van der Waals surface area contributed by atoms with Gasteiger partial charge in [0, 0.05) is 36.8 Å². The first kappa shape index (κ1) is 19.3. The van der Waals surface area contributed by atoms with Gasteiger partial charge in [0.25, 0.3) is 0 Å². The number of hydrogen-bond donors (Lipinski definition) is 2. The Balaban J connectivity index is 1.30. The summed E-state index contributed by atoms with van der Waals surface area (Å²) in [5.74, 6) is 1.03. The molecule has 2 aromatic rings. The third-order valence-corrected chi connectivity index (χ3v) is 6.34. The van der Waals surface area contributed by atoms with Crippen molar-refractivity contribution in [1.82, 2.24) is 15.5 Å². The van der Waals surface area contributed by atoms with Crippen LogP contribution in [-0.2, 0) is 17.8 Å². The molecule has 2 aromatic carbocycles. The Morgan fingerprint density at radius 3 is 2.82 bits per heavy atom. The summed E-state index contributed by atoms with van der Waals surface area (Å²) in [6.07, 6.45) is 0.962. The molecular formula is C22H27N3O2S. The lowest BCUT2D eigenvalue weighted by atomic mass is 10.0. The standard InChI is InChI=1S/C22H27N3O2S/c26-22(24-20-8-13-28-21-7-2-1-6-19(20)21)23-15-17-4-3-5-18(14-17)16-25-9-11-27-12-10-25/h1-7,14,20H,8-13,15-16H2,(H2,23,24,26)/t20-/m0/s1. The molecule has 0 aliphatic carbocycles. The van der Waals surface area contributed by atoms with E-state index in [1.54, 1.807) is 0 Å². The lowest BCUT2D eigenvalue weighted by Gasteiger charge is -2.27. The van der Waals surface area contributed by atoms with Gasteiger partial charge in [-0.3, -0.25) is 4.90 Å². The van der Waals surface area contributed by atoms with E-state index in [1.807, 2.05) is 17.8 Å². The molecule has 1 atom stereocenters. The SMILES string of the molecule is O=C(NCc1cccc(CN2CCOCC2)c1)N[C@H]1CCSc2ccccc21. The van der Waals surface area contributed by atoms with Crippen molar-refractivity contribution in [2.24, 2.45) is 0 Å². The molecule has 5 nitrogen and oxygen atoms in total. The highest BCUT2D eigenvalue weighted by Gasteiger charge is 2.21. The summed E-state index contributed by atoms with van der Waals surface area (Å²) in [4.78, 5) is 16.1. The average molecular weight is 398 g/mol. The Kier molecular flexibility index (Phi) is 6.52. The summed E-state index contributed by atoms with van der Waals surface area (Å²) >= 11 is 1.86. The highest BCUT2D eigenvalue weighted by atomic mass is 32.2. The fraction of sp³-hybridized carbons (Fsp3) is 0.409. The fourth-order valence-electron chi connectivity index (χ4n) is 3.74. The van der Waals surface area contributed by atoms with Crippen LogP contribution in [0.1, 0.15) is 29.2 Å². The van der Waals surface area contributed by atoms with E-state index >= 15 is 0 Å². The molecule has 1 saturated heterocycles. The summed E-state index contributed by atoms with van der Waals surface area (Å²) in [6, 6.07) is 16.8. The Bertz CT molecular complexity index is 808. The summed E-state index contributed by atoms with van der Waals surface area (Å²) in [7, 11) is 0. The molecular weight excluding hydrogens is 370 g/mol. The molecule has 2 aliphatic rings. The molecule has 28 heavy (non-hydrogen) atoms. The van der Waals surface area contributed by atoms with Gasteiger partial charge < -0.3 is 15.4 Å². The lowest BCUT2D eigenvalue weighted by molar-refractivity contribution is 0.0342. The van der Waals surface area contributed by atoms with Gasteiger partial charge in [-0.05, 0) is 29.2 Å². The van der Waals surface area contributed by atoms with Crippen LogP contribution in [0.15, 0.2) is 53.4 Å². The van der Waals surface area contributed by atoms with Crippen LogP contribution in [0, 0.1) is 0 Å². The molecule has 0 spiro atoms. The van der Waals surface area contributed by atoms with Gasteiger partial charge in [0.05, 0.1) is 19.3 Å². The number of hydrogen-bond acceptors (Lipinski definition) is 4. The summed E-state index contributed by atoms with van der Waals surface area (Å²) in [5, 5.41) is 6.16. The number of nitrogens with one attached hydrogen (secondary N) is 2. The number of amides is 2. The zero-order chi connectivity index (χ0) is 19.2. The van der Waals surface area contributed by atoms with Gasteiger partial charge in [0.15, 0.2) is 0 Å². The smallest absolute Gasteiger partial charge is 0.315 e. The van der Waals surface area contributed by atoms with Crippen molar-refractivity contribution in [2.75, 3.05) is 32.1 Å². The Labute approximate surface area is 170 Å². The average Bonchev–Trinajstić information content (AvgIpc) is 2.74. The van der Waals surface area contributed by atoms with Crippen molar-refractivity contribution in [3.05, 3.63) is 65.2 Å². The molecule has 148 valence electrons. The molecule has 0 radical (unpaired) electrons. The second-order valence-corrected chi connectivity index (χ2v) is 8.40. The maximum absolute atomic E-state index is 12.4. The molecule has 2 aliphatic heterocycles. The Hall–Kier alpha value is -2.02. The normalized spacial score (nSPS) is 19.6. The van der Waals surface area contributed by atoms with Gasteiger partial charge in [0.2, 0.25) is 0 Å². The maximum Gasteiger partial charge on any atom is 0.315 e. The van der Waals surface area contributed by atoms with Crippen LogP contribution < -0.4 is 10.6 Å². The van der Waals surface area contributed by atoms with Crippen LogP contribution in [0.5, 0.6) is 0 Å². The monoisotopic (exact) mass is 397 g/mol. The topological polar surface area (TPSA) is 53.6 Å². The first-order valence-electron chi connectivity index (χ1n) is 9.92. The van der Waals surface area contributed by atoms with Crippen molar-refractivity contribution in [2.45, 2.75) is 30.4 Å². The van der Waals surface area contributed by atoms with Gasteiger partial charge in [-0.2, -0.15) is 0 Å². The predicted molar refractivity (Wildman–Crippen MR) is 112 cm³/mol. The number of carbonyl (C=O) groups excluding carboxylic acids is 1.